The predicted molar refractivity (Wildman–Crippen MR) is 68.0 cm³/mol. The van der Waals surface area contributed by atoms with E-state index in [4.69, 9.17) is 4.74 Å². The summed E-state index contributed by atoms with van der Waals surface area (Å²) in [6.07, 6.45) is 0.895. The molecule has 18 heavy (non-hydrogen) atoms. The van der Waals surface area contributed by atoms with Crippen molar-refractivity contribution in [1.82, 2.24) is 5.32 Å². The minimum atomic E-state index is -0.312. The standard InChI is InChI=1S/C13H19NO4/c1-14-5-4-9-6-11(15)12(17-2)7-10(9)8-13(16)18-3/h6-7,14-15H,4-5,8H2,1-3H3. The summed E-state index contributed by atoms with van der Waals surface area (Å²) < 4.78 is 9.70. The van der Waals surface area contributed by atoms with E-state index in [0.29, 0.717) is 5.75 Å². The van der Waals surface area contributed by atoms with E-state index < -0.39 is 0 Å². The lowest BCUT2D eigenvalue weighted by atomic mass is 10.0. The molecule has 0 amide bonds. The van der Waals surface area contributed by atoms with Crippen LogP contribution in [0, 0.1) is 0 Å². The molecule has 5 heteroatoms. The second-order valence-electron chi connectivity index (χ2n) is 3.90. The number of rotatable bonds is 6. The minimum Gasteiger partial charge on any atom is -0.504 e. The summed E-state index contributed by atoms with van der Waals surface area (Å²) in [6, 6.07) is 3.31. The van der Waals surface area contributed by atoms with Gasteiger partial charge in [0, 0.05) is 0 Å². The molecule has 0 saturated carbocycles. The normalized spacial score (nSPS) is 10.2. The number of esters is 1. The first-order valence-corrected chi connectivity index (χ1v) is 5.72. The SMILES string of the molecule is CNCCc1cc(O)c(OC)cc1CC(=O)OC. The van der Waals surface area contributed by atoms with E-state index in [1.54, 1.807) is 12.1 Å². The Hall–Kier alpha value is -1.75. The first-order chi connectivity index (χ1) is 8.62. The molecule has 0 aliphatic rings. The Morgan fingerprint density at radius 3 is 2.61 bits per heavy atom. The molecule has 5 nitrogen and oxygen atoms in total. The van der Waals surface area contributed by atoms with E-state index in [0.717, 1.165) is 24.1 Å². The van der Waals surface area contributed by atoms with Gasteiger partial charge in [-0.3, -0.25) is 4.79 Å². The molecule has 0 unspecified atom stereocenters. The third-order valence-electron chi connectivity index (χ3n) is 2.71. The smallest absolute Gasteiger partial charge is 0.309 e. The maximum absolute atomic E-state index is 11.4. The zero-order valence-electron chi connectivity index (χ0n) is 10.9. The lowest BCUT2D eigenvalue weighted by Crippen LogP contribution is -2.13. The van der Waals surface area contributed by atoms with Crippen molar-refractivity contribution >= 4 is 5.97 Å². The molecule has 0 saturated heterocycles. The van der Waals surface area contributed by atoms with Gasteiger partial charge in [0.1, 0.15) is 0 Å². The average Bonchev–Trinajstić information content (AvgIpc) is 2.38. The number of benzene rings is 1. The molecule has 0 aromatic heterocycles. The maximum Gasteiger partial charge on any atom is 0.309 e. The van der Waals surface area contributed by atoms with Crippen LogP contribution in [0.25, 0.3) is 0 Å². The van der Waals surface area contributed by atoms with Crippen molar-refractivity contribution in [1.29, 1.82) is 0 Å². The van der Waals surface area contributed by atoms with Crippen LogP contribution in [0.1, 0.15) is 11.1 Å². The molecular weight excluding hydrogens is 234 g/mol. The van der Waals surface area contributed by atoms with Crippen LogP contribution in [0.4, 0.5) is 0 Å². The number of nitrogens with one attached hydrogen (secondary N) is 1. The fourth-order valence-electron chi connectivity index (χ4n) is 1.70. The average molecular weight is 253 g/mol. The molecule has 0 aliphatic heterocycles. The van der Waals surface area contributed by atoms with E-state index in [1.165, 1.54) is 14.2 Å². The van der Waals surface area contributed by atoms with Crippen molar-refractivity contribution in [3.63, 3.8) is 0 Å². The number of hydrogen-bond donors (Lipinski definition) is 2. The molecule has 0 radical (unpaired) electrons. The van der Waals surface area contributed by atoms with Gasteiger partial charge in [0.05, 0.1) is 20.6 Å². The van der Waals surface area contributed by atoms with Crippen molar-refractivity contribution in [3.8, 4) is 11.5 Å². The second kappa shape index (κ2) is 6.86. The van der Waals surface area contributed by atoms with Crippen molar-refractivity contribution in [2.45, 2.75) is 12.8 Å². The molecule has 0 spiro atoms. The van der Waals surface area contributed by atoms with Crippen LogP contribution in [0.3, 0.4) is 0 Å². The largest absolute Gasteiger partial charge is 0.504 e. The van der Waals surface area contributed by atoms with Gasteiger partial charge < -0.3 is 19.9 Å². The minimum absolute atomic E-state index is 0.0808. The molecule has 100 valence electrons. The Bertz CT molecular complexity index is 418. The molecule has 0 aliphatic carbocycles. The van der Waals surface area contributed by atoms with Crippen LogP contribution in [-0.4, -0.2) is 38.9 Å². The van der Waals surface area contributed by atoms with Gasteiger partial charge in [-0.2, -0.15) is 0 Å². The van der Waals surface area contributed by atoms with Gasteiger partial charge in [0.25, 0.3) is 0 Å². The fraction of sp³-hybridized carbons (Fsp3) is 0.462. The van der Waals surface area contributed by atoms with E-state index in [9.17, 15) is 9.90 Å². The number of hydrogen-bond acceptors (Lipinski definition) is 5. The molecule has 0 fully saturated rings. The van der Waals surface area contributed by atoms with Crippen molar-refractivity contribution in [3.05, 3.63) is 23.3 Å². The van der Waals surface area contributed by atoms with Gasteiger partial charge in [-0.1, -0.05) is 0 Å². The van der Waals surface area contributed by atoms with Crippen molar-refractivity contribution in [2.24, 2.45) is 0 Å². The fourth-order valence-corrected chi connectivity index (χ4v) is 1.70. The quantitative estimate of drug-likeness (QED) is 0.737. The van der Waals surface area contributed by atoms with Gasteiger partial charge in [0.2, 0.25) is 0 Å². The van der Waals surface area contributed by atoms with Gasteiger partial charge in [-0.15, -0.1) is 0 Å². The zero-order chi connectivity index (χ0) is 13.5. The predicted octanol–water partition coefficient (Wildman–Crippen LogP) is 0.878. The van der Waals surface area contributed by atoms with Crippen LogP contribution in [0.5, 0.6) is 11.5 Å². The van der Waals surface area contributed by atoms with Crippen LogP contribution >= 0.6 is 0 Å². The third kappa shape index (κ3) is 3.63. The number of carbonyl (C=O) groups excluding carboxylic acids is 1. The molecule has 1 aromatic rings. The van der Waals surface area contributed by atoms with Gasteiger partial charge in [0.15, 0.2) is 11.5 Å². The Balaban J connectivity index is 3.04. The number of methoxy groups -OCH3 is 2. The third-order valence-corrected chi connectivity index (χ3v) is 2.71. The molecular formula is C13H19NO4. The lowest BCUT2D eigenvalue weighted by Gasteiger charge is -2.12. The Morgan fingerprint density at radius 1 is 1.33 bits per heavy atom. The number of ether oxygens (including phenoxy) is 2. The second-order valence-corrected chi connectivity index (χ2v) is 3.90. The Labute approximate surface area is 107 Å². The molecule has 1 aromatic carbocycles. The van der Waals surface area contributed by atoms with Crippen LogP contribution < -0.4 is 10.1 Å². The van der Waals surface area contributed by atoms with Crippen LogP contribution in [0.15, 0.2) is 12.1 Å². The zero-order valence-corrected chi connectivity index (χ0v) is 10.9. The number of phenolic OH excluding ortho intramolecular Hbond substituents is 1. The summed E-state index contributed by atoms with van der Waals surface area (Å²) in [4.78, 5) is 11.4. The van der Waals surface area contributed by atoms with Gasteiger partial charge in [-0.25, -0.2) is 0 Å². The van der Waals surface area contributed by atoms with E-state index >= 15 is 0 Å². The van der Waals surface area contributed by atoms with Crippen LogP contribution in [-0.2, 0) is 22.4 Å². The molecule has 1 rings (SSSR count). The van der Waals surface area contributed by atoms with Crippen molar-refractivity contribution < 1.29 is 19.4 Å². The Kier molecular flexibility index (Phi) is 5.45. The summed E-state index contributed by atoms with van der Waals surface area (Å²) in [5, 5.41) is 12.8. The number of likely N-dealkylation sites (N-methyl/N-ethyl adjacent to an activating group) is 1. The Morgan fingerprint density at radius 2 is 2.06 bits per heavy atom. The van der Waals surface area contributed by atoms with E-state index in [-0.39, 0.29) is 18.1 Å². The van der Waals surface area contributed by atoms with Gasteiger partial charge >= 0.3 is 5.97 Å². The summed E-state index contributed by atoms with van der Waals surface area (Å²) in [5.74, 6) is 0.132. The summed E-state index contributed by atoms with van der Waals surface area (Å²) in [7, 11) is 4.68. The number of carbonyl (C=O) groups is 1. The van der Waals surface area contributed by atoms with Crippen LogP contribution in [0.2, 0.25) is 0 Å². The molecule has 0 bridgehead atoms. The highest BCUT2D eigenvalue weighted by molar-refractivity contribution is 5.73. The maximum atomic E-state index is 11.4. The summed E-state index contributed by atoms with van der Waals surface area (Å²) in [6.45, 7) is 0.764. The molecule has 0 atom stereocenters. The number of aromatic hydroxyl groups is 1. The summed E-state index contributed by atoms with van der Waals surface area (Å²) >= 11 is 0. The van der Waals surface area contributed by atoms with E-state index in [2.05, 4.69) is 10.1 Å². The highest BCUT2D eigenvalue weighted by Gasteiger charge is 2.13. The lowest BCUT2D eigenvalue weighted by molar-refractivity contribution is -0.139. The van der Waals surface area contributed by atoms with Crippen molar-refractivity contribution in [2.75, 3.05) is 27.8 Å². The summed E-state index contributed by atoms with van der Waals surface area (Å²) in [5.41, 5.74) is 1.72. The highest BCUT2D eigenvalue weighted by Crippen LogP contribution is 2.30. The molecule has 0 heterocycles. The molecule has 2 N–H and O–H groups in total. The first kappa shape index (κ1) is 14.3. The number of phenols is 1. The first-order valence-electron chi connectivity index (χ1n) is 5.72. The monoisotopic (exact) mass is 253 g/mol. The van der Waals surface area contributed by atoms with E-state index in [1.807, 2.05) is 7.05 Å². The van der Waals surface area contributed by atoms with Gasteiger partial charge in [-0.05, 0) is 43.3 Å². The highest BCUT2D eigenvalue weighted by atomic mass is 16.5. The topological polar surface area (TPSA) is 67.8 Å².